The molecule has 8 nitrogen and oxygen atoms in total. The number of carbonyl (C=O) groups is 2. The molecule has 1 unspecified atom stereocenters. The molecule has 2 aromatic rings. The number of pyridine rings is 1. The van der Waals surface area contributed by atoms with Gasteiger partial charge in [0.1, 0.15) is 11.6 Å². The van der Waals surface area contributed by atoms with Crippen LogP contribution >= 0.6 is 0 Å². The van der Waals surface area contributed by atoms with Gasteiger partial charge < -0.3 is 15.2 Å². The molecule has 0 saturated carbocycles. The van der Waals surface area contributed by atoms with Gasteiger partial charge in [-0.25, -0.2) is 9.78 Å². The Morgan fingerprint density at radius 2 is 2.04 bits per heavy atom. The summed E-state index contributed by atoms with van der Waals surface area (Å²) < 4.78 is 11.0. The van der Waals surface area contributed by atoms with Crippen molar-refractivity contribution in [3.63, 3.8) is 0 Å². The van der Waals surface area contributed by atoms with E-state index in [0.29, 0.717) is 11.0 Å². The summed E-state index contributed by atoms with van der Waals surface area (Å²) in [6.07, 6.45) is 2.75. The largest absolute Gasteiger partial charge is 0.468 e. The number of carbonyl (C=O) groups excluding carboxylic acids is 2. The number of ether oxygens (including phenoxy) is 2. The van der Waals surface area contributed by atoms with E-state index in [1.165, 1.54) is 13.3 Å². The van der Waals surface area contributed by atoms with E-state index in [1.807, 2.05) is 0 Å². The Bertz CT molecular complexity index is 733. The van der Waals surface area contributed by atoms with Gasteiger partial charge in [0, 0.05) is 11.6 Å². The summed E-state index contributed by atoms with van der Waals surface area (Å²) in [5.41, 5.74) is 6.24. The molecule has 8 heteroatoms. The van der Waals surface area contributed by atoms with E-state index in [1.54, 1.807) is 33.0 Å². The maximum absolute atomic E-state index is 12.1. The summed E-state index contributed by atoms with van der Waals surface area (Å²) in [4.78, 5) is 27.7. The van der Waals surface area contributed by atoms with Crippen molar-refractivity contribution in [3.05, 3.63) is 24.0 Å². The molecule has 0 saturated heterocycles. The van der Waals surface area contributed by atoms with Crippen LogP contribution in [0.5, 0.6) is 0 Å². The molecule has 2 N–H and O–H groups in total. The molecule has 23 heavy (non-hydrogen) atoms. The molecule has 2 heterocycles. The lowest BCUT2D eigenvalue weighted by atomic mass is 10.1. The Morgan fingerprint density at radius 3 is 2.65 bits per heavy atom. The normalized spacial score (nSPS) is 12.9. The highest BCUT2D eigenvalue weighted by molar-refractivity contribution is 5.85. The van der Waals surface area contributed by atoms with Crippen molar-refractivity contribution in [2.24, 2.45) is 5.73 Å². The van der Waals surface area contributed by atoms with Gasteiger partial charge in [0.15, 0.2) is 5.65 Å². The predicted molar refractivity (Wildman–Crippen MR) is 82.9 cm³/mol. The fourth-order valence-electron chi connectivity index (χ4n) is 2.01. The average molecular weight is 320 g/mol. The minimum absolute atomic E-state index is 0.285. The summed E-state index contributed by atoms with van der Waals surface area (Å²) >= 11 is 0. The lowest BCUT2D eigenvalue weighted by Crippen LogP contribution is -2.33. The second kappa shape index (κ2) is 6.33. The van der Waals surface area contributed by atoms with Gasteiger partial charge in [-0.3, -0.25) is 4.79 Å². The van der Waals surface area contributed by atoms with Crippen molar-refractivity contribution in [1.29, 1.82) is 0 Å². The Kier molecular flexibility index (Phi) is 4.65. The summed E-state index contributed by atoms with van der Waals surface area (Å²) in [6.45, 7) is 5.32. The molecule has 0 fully saturated rings. The quantitative estimate of drug-likeness (QED) is 0.848. The lowest BCUT2D eigenvalue weighted by molar-refractivity contribution is -0.142. The Hall–Kier alpha value is -2.48. The molecular formula is C15H20N4O4. The Morgan fingerprint density at radius 1 is 1.35 bits per heavy atom. The van der Waals surface area contributed by atoms with Crippen LogP contribution in [-0.4, -0.2) is 45.6 Å². The van der Waals surface area contributed by atoms with E-state index < -0.39 is 23.7 Å². The van der Waals surface area contributed by atoms with E-state index in [-0.39, 0.29) is 6.42 Å². The van der Waals surface area contributed by atoms with E-state index in [0.717, 1.165) is 10.2 Å². The first-order valence-corrected chi connectivity index (χ1v) is 7.10. The molecule has 0 radical (unpaired) electrons. The number of rotatable bonds is 3. The van der Waals surface area contributed by atoms with E-state index in [9.17, 15) is 9.59 Å². The van der Waals surface area contributed by atoms with Gasteiger partial charge in [0.05, 0.1) is 13.3 Å². The fraction of sp³-hybridized carbons (Fsp3) is 0.467. The van der Waals surface area contributed by atoms with Crippen molar-refractivity contribution < 1.29 is 19.1 Å². The molecule has 0 aromatic carbocycles. The zero-order valence-corrected chi connectivity index (χ0v) is 13.6. The van der Waals surface area contributed by atoms with Gasteiger partial charge in [-0.2, -0.15) is 5.10 Å². The highest BCUT2D eigenvalue weighted by Gasteiger charge is 2.21. The molecule has 0 aliphatic rings. The summed E-state index contributed by atoms with van der Waals surface area (Å²) in [6, 6.07) is 1.01. The average Bonchev–Trinajstić information content (AvgIpc) is 2.87. The molecule has 0 aliphatic heterocycles. The van der Waals surface area contributed by atoms with Crippen LogP contribution in [0.3, 0.4) is 0 Å². The monoisotopic (exact) mass is 320 g/mol. The molecule has 2 rings (SSSR count). The smallest absolute Gasteiger partial charge is 0.437 e. The van der Waals surface area contributed by atoms with Crippen molar-refractivity contribution >= 4 is 23.1 Å². The number of methoxy groups -OCH3 is 1. The first-order valence-electron chi connectivity index (χ1n) is 7.10. The molecule has 0 aliphatic carbocycles. The highest BCUT2D eigenvalue weighted by atomic mass is 16.6. The third kappa shape index (κ3) is 4.04. The van der Waals surface area contributed by atoms with Crippen molar-refractivity contribution in [2.45, 2.75) is 38.8 Å². The number of nitrogens with zero attached hydrogens (tertiary/aromatic N) is 3. The third-order valence-corrected chi connectivity index (χ3v) is 2.99. The Balaban J connectivity index is 2.23. The lowest BCUT2D eigenvalue weighted by Gasteiger charge is -2.18. The predicted octanol–water partition coefficient (Wildman–Crippen LogP) is 1.26. The van der Waals surface area contributed by atoms with E-state index in [2.05, 4.69) is 14.8 Å². The molecule has 124 valence electrons. The van der Waals surface area contributed by atoms with Crippen molar-refractivity contribution in [1.82, 2.24) is 14.8 Å². The molecule has 1 atom stereocenters. The SMILES string of the molecule is COC(=O)C(N)Cc1cnc2c(cnn2C(=O)OC(C)(C)C)c1. The molecule has 0 bridgehead atoms. The standard InChI is InChI=1S/C15H20N4O4/c1-15(2,3)23-14(21)19-12-10(8-18-19)5-9(7-17-12)6-11(16)13(20)22-4/h5,7-8,11H,6,16H2,1-4H3. The van der Waals surface area contributed by atoms with E-state index >= 15 is 0 Å². The number of hydrogen-bond acceptors (Lipinski definition) is 7. The zero-order valence-electron chi connectivity index (χ0n) is 13.6. The number of esters is 1. The van der Waals surface area contributed by atoms with E-state index in [4.69, 9.17) is 10.5 Å². The van der Waals surface area contributed by atoms with Crippen LogP contribution in [0.4, 0.5) is 4.79 Å². The molecule has 0 amide bonds. The topological polar surface area (TPSA) is 109 Å². The first-order chi connectivity index (χ1) is 10.7. The van der Waals surface area contributed by atoms with Gasteiger partial charge in [0.2, 0.25) is 0 Å². The van der Waals surface area contributed by atoms with Crippen LogP contribution in [0.1, 0.15) is 26.3 Å². The number of hydrogen-bond donors (Lipinski definition) is 1. The maximum Gasteiger partial charge on any atom is 0.437 e. The Labute approximate surface area is 133 Å². The minimum Gasteiger partial charge on any atom is -0.468 e. The summed E-state index contributed by atoms with van der Waals surface area (Å²) in [5.74, 6) is -0.491. The van der Waals surface area contributed by atoms with Gasteiger partial charge in [-0.15, -0.1) is 4.68 Å². The minimum atomic E-state index is -0.764. The van der Waals surface area contributed by atoms with Crippen LogP contribution in [0.25, 0.3) is 11.0 Å². The van der Waals surface area contributed by atoms with Gasteiger partial charge >= 0.3 is 12.1 Å². The molecule has 0 spiro atoms. The van der Waals surface area contributed by atoms with Crippen LogP contribution < -0.4 is 5.73 Å². The van der Waals surface area contributed by atoms with Crippen LogP contribution in [-0.2, 0) is 20.7 Å². The number of aromatic nitrogens is 3. The molecule has 2 aromatic heterocycles. The number of nitrogens with two attached hydrogens (primary N) is 1. The number of fused-ring (bicyclic) bond motifs is 1. The van der Waals surface area contributed by atoms with Crippen molar-refractivity contribution in [2.75, 3.05) is 7.11 Å². The second-order valence-electron chi connectivity index (χ2n) is 6.13. The maximum atomic E-state index is 12.1. The molecular weight excluding hydrogens is 300 g/mol. The van der Waals surface area contributed by atoms with Gasteiger partial charge in [0.25, 0.3) is 0 Å². The first kappa shape index (κ1) is 16.9. The van der Waals surface area contributed by atoms with Crippen LogP contribution in [0.15, 0.2) is 18.5 Å². The van der Waals surface area contributed by atoms with Gasteiger partial charge in [-0.1, -0.05) is 0 Å². The fourth-order valence-corrected chi connectivity index (χ4v) is 2.01. The summed E-state index contributed by atoms with van der Waals surface area (Å²) in [7, 11) is 1.29. The van der Waals surface area contributed by atoms with Crippen LogP contribution in [0.2, 0.25) is 0 Å². The third-order valence-electron chi connectivity index (χ3n) is 2.99. The van der Waals surface area contributed by atoms with Crippen molar-refractivity contribution in [3.8, 4) is 0 Å². The summed E-state index contributed by atoms with van der Waals surface area (Å²) in [5, 5.41) is 4.67. The highest BCUT2D eigenvalue weighted by Crippen LogP contribution is 2.16. The van der Waals surface area contributed by atoms with Gasteiger partial charge in [-0.05, 0) is 38.8 Å². The van der Waals surface area contributed by atoms with Crippen LogP contribution in [0, 0.1) is 0 Å². The second-order valence-corrected chi connectivity index (χ2v) is 6.13. The zero-order chi connectivity index (χ0) is 17.2.